The molecule has 0 saturated heterocycles. The normalized spacial score (nSPS) is 11.1. The number of hydrogen-bond donors (Lipinski definition) is 0. The van der Waals surface area contributed by atoms with Crippen molar-refractivity contribution in [3.63, 3.8) is 0 Å². The zero-order chi connectivity index (χ0) is 26.0. The first-order valence-corrected chi connectivity index (χ1v) is 12.9. The first-order chi connectivity index (χ1) is 19.3. The van der Waals surface area contributed by atoms with Crippen LogP contribution in [0.1, 0.15) is 0 Å². The fourth-order valence-corrected chi connectivity index (χ4v) is 5.03. The summed E-state index contributed by atoms with van der Waals surface area (Å²) in [5, 5.41) is 4.62. The van der Waals surface area contributed by atoms with E-state index in [1.165, 1.54) is 10.8 Å². The molecule has 4 heteroatoms. The Morgan fingerprint density at radius 1 is 0.410 bits per heavy atom. The minimum atomic E-state index is 0.944. The van der Waals surface area contributed by atoms with E-state index in [9.17, 15) is 0 Å². The molecule has 0 saturated carbocycles. The van der Waals surface area contributed by atoms with Crippen LogP contribution >= 0.6 is 0 Å². The predicted octanol–water partition coefficient (Wildman–Crippen LogP) is 8.98. The first-order valence-electron chi connectivity index (χ1n) is 12.9. The molecule has 0 amide bonds. The summed E-state index contributed by atoms with van der Waals surface area (Å²) in [5.74, 6) is 0. The highest BCUT2D eigenvalue weighted by Crippen LogP contribution is 2.38. The van der Waals surface area contributed by atoms with Gasteiger partial charge < -0.3 is 4.90 Å². The SMILES string of the molecule is c1cc(-c2cc3ccccc3cn2)cc(N(c2ccncc2)c2cccc(-c3cc4ccccc4cn3)c2)c1. The maximum atomic E-state index is 4.76. The van der Waals surface area contributed by atoms with E-state index in [2.05, 4.69) is 107 Å². The Morgan fingerprint density at radius 2 is 0.897 bits per heavy atom. The summed E-state index contributed by atoms with van der Waals surface area (Å²) in [6.07, 6.45) is 7.54. The van der Waals surface area contributed by atoms with E-state index in [1.807, 2.05) is 49.1 Å². The number of fused-ring (bicyclic) bond motifs is 2. The third-order valence-corrected chi connectivity index (χ3v) is 6.98. The molecule has 0 aliphatic heterocycles. The number of hydrogen-bond acceptors (Lipinski definition) is 4. The third-order valence-electron chi connectivity index (χ3n) is 6.98. The molecular formula is C35H24N4. The Labute approximate surface area is 226 Å². The van der Waals surface area contributed by atoms with Crippen molar-refractivity contribution in [1.82, 2.24) is 15.0 Å². The van der Waals surface area contributed by atoms with Gasteiger partial charge in [0.05, 0.1) is 11.4 Å². The van der Waals surface area contributed by atoms with Gasteiger partial charge in [-0.1, -0.05) is 72.8 Å². The van der Waals surface area contributed by atoms with Crippen LogP contribution in [0.3, 0.4) is 0 Å². The molecule has 3 aromatic heterocycles. The lowest BCUT2D eigenvalue weighted by atomic mass is 10.0. The summed E-state index contributed by atoms with van der Waals surface area (Å²) in [6.45, 7) is 0. The summed E-state index contributed by atoms with van der Waals surface area (Å²) in [4.78, 5) is 16.0. The molecule has 3 heterocycles. The first kappa shape index (κ1) is 22.8. The highest BCUT2D eigenvalue weighted by atomic mass is 15.1. The van der Waals surface area contributed by atoms with Crippen LogP contribution in [-0.2, 0) is 0 Å². The van der Waals surface area contributed by atoms with Gasteiger partial charge in [0.15, 0.2) is 0 Å². The van der Waals surface area contributed by atoms with Crippen molar-refractivity contribution in [3.05, 3.63) is 146 Å². The molecule has 0 fully saturated rings. The topological polar surface area (TPSA) is 41.9 Å². The van der Waals surface area contributed by atoms with Crippen LogP contribution in [0.2, 0.25) is 0 Å². The molecule has 0 N–H and O–H groups in total. The fourth-order valence-electron chi connectivity index (χ4n) is 5.03. The predicted molar refractivity (Wildman–Crippen MR) is 160 cm³/mol. The number of rotatable bonds is 5. The smallest absolute Gasteiger partial charge is 0.0709 e. The van der Waals surface area contributed by atoms with E-state index >= 15 is 0 Å². The molecule has 0 aliphatic carbocycles. The second-order valence-electron chi connectivity index (χ2n) is 9.47. The van der Waals surface area contributed by atoms with Crippen molar-refractivity contribution in [3.8, 4) is 22.5 Å². The number of anilines is 3. The molecule has 0 unspecified atom stereocenters. The minimum absolute atomic E-state index is 0.944. The van der Waals surface area contributed by atoms with Gasteiger partial charge in [-0.2, -0.15) is 0 Å². The van der Waals surface area contributed by atoms with Gasteiger partial charge in [0.1, 0.15) is 0 Å². The van der Waals surface area contributed by atoms with Crippen LogP contribution in [0.5, 0.6) is 0 Å². The van der Waals surface area contributed by atoms with E-state index in [1.54, 1.807) is 0 Å². The average molecular weight is 501 g/mol. The van der Waals surface area contributed by atoms with E-state index in [4.69, 9.17) is 9.97 Å². The molecule has 0 atom stereocenters. The number of aromatic nitrogens is 3. The summed E-state index contributed by atoms with van der Waals surface area (Å²) in [6, 6.07) is 42.0. The Kier molecular flexibility index (Phi) is 5.76. The Balaban J connectivity index is 1.33. The van der Waals surface area contributed by atoms with E-state index in [0.717, 1.165) is 50.3 Å². The highest BCUT2D eigenvalue weighted by Gasteiger charge is 2.15. The van der Waals surface area contributed by atoms with E-state index < -0.39 is 0 Å². The molecule has 0 radical (unpaired) electrons. The third kappa shape index (κ3) is 4.49. The summed E-state index contributed by atoms with van der Waals surface area (Å²) < 4.78 is 0. The monoisotopic (exact) mass is 500 g/mol. The number of pyridine rings is 3. The molecule has 7 rings (SSSR count). The molecule has 184 valence electrons. The molecule has 7 aromatic rings. The lowest BCUT2D eigenvalue weighted by Crippen LogP contribution is -2.10. The van der Waals surface area contributed by atoms with Gasteiger partial charge in [0.2, 0.25) is 0 Å². The van der Waals surface area contributed by atoms with Gasteiger partial charge in [-0.3, -0.25) is 15.0 Å². The quantitative estimate of drug-likeness (QED) is 0.236. The molecular weight excluding hydrogens is 476 g/mol. The van der Waals surface area contributed by atoms with E-state index in [-0.39, 0.29) is 0 Å². The Bertz CT molecular complexity index is 1810. The number of nitrogens with zero attached hydrogens (tertiary/aromatic N) is 4. The van der Waals surface area contributed by atoms with Gasteiger partial charge in [0, 0.05) is 63.7 Å². The van der Waals surface area contributed by atoms with Crippen LogP contribution in [0, 0.1) is 0 Å². The van der Waals surface area contributed by atoms with Crippen LogP contribution in [0.15, 0.2) is 146 Å². The molecule has 4 nitrogen and oxygen atoms in total. The lowest BCUT2D eigenvalue weighted by Gasteiger charge is -2.26. The molecule has 0 spiro atoms. The van der Waals surface area contributed by atoms with Gasteiger partial charge in [-0.05, 0) is 59.3 Å². The molecule has 4 aromatic carbocycles. The van der Waals surface area contributed by atoms with Crippen molar-refractivity contribution in [2.75, 3.05) is 4.90 Å². The Morgan fingerprint density at radius 3 is 1.41 bits per heavy atom. The van der Waals surface area contributed by atoms with Crippen molar-refractivity contribution < 1.29 is 0 Å². The zero-order valence-electron chi connectivity index (χ0n) is 21.1. The molecule has 0 aliphatic rings. The highest BCUT2D eigenvalue weighted by molar-refractivity contribution is 5.88. The van der Waals surface area contributed by atoms with Crippen LogP contribution in [0.25, 0.3) is 44.1 Å². The summed E-state index contributed by atoms with van der Waals surface area (Å²) >= 11 is 0. The zero-order valence-corrected chi connectivity index (χ0v) is 21.1. The largest absolute Gasteiger partial charge is 0.310 e. The van der Waals surface area contributed by atoms with Crippen molar-refractivity contribution in [1.29, 1.82) is 0 Å². The standard InChI is InChI=1S/C35H24N4/c1-3-9-29-23-37-34(21-25(29)7-1)27-11-5-13-32(19-27)39(31-15-17-36-18-16-31)33-14-6-12-28(20-33)35-22-26-8-2-4-10-30(26)24-38-35/h1-24H. The second kappa shape index (κ2) is 9.84. The Hall–Kier alpha value is -5.35. The van der Waals surface area contributed by atoms with Gasteiger partial charge in [-0.15, -0.1) is 0 Å². The average Bonchev–Trinajstić information content (AvgIpc) is 3.01. The summed E-state index contributed by atoms with van der Waals surface area (Å²) in [7, 11) is 0. The minimum Gasteiger partial charge on any atom is -0.310 e. The lowest BCUT2D eigenvalue weighted by molar-refractivity contribution is 1.24. The van der Waals surface area contributed by atoms with Gasteiger partial charge in [-0.25, -0.2) is 0 Å². The maximum Gasteiger partial charge on any atom is 0.0709 e. The van der Waals surface area contributed by atoms with Gasteiger partial charge in [0.25, 0.3) is 0 Å². The van der Waals surface area contributed by atoms with Crippen molar-refractivity contribution in [2.24, 2.45) is 0 Å². The molecule has 0 bridgehead atoms. The second-order valence-corrected chi connectivity index (χ2v) is 9.47. The number of benzene rings is 4. The van der Waals surface area contributed by atoms with Crippen LogP contribution in [0.4, 0.5) is 17.1 Å². The van der Waals surface area contributed by atoms with Crippen LogP contribution < -0.4 is 4.90 Å². The maximum absolute atomic E-state index is 4.76. The van der Waals surface area contributed by atoms with Gasteiger partial charge >= 0.3 is 0 Å². The van der Waals surface area contributed by atoms with E-state index in [0.29, 0.717) is 0 Å². The summed E-state index contributed by atoms with van der Waals surface area (Å²) in [5.41, 5.74) is 7.11. The van der Waals surface area contributed by atoms with Crippen LogP contribution in [-0.4, -0.2) is 15.0 Å². The van der Waals surface area contributed by atoms with Crippen molar-refractivity contribution >= 4 is 38.6 Å². The van der Waals surface area contributed by atoms with Crippen molar-refractivity contribution in [2.45, 2.75) is 0 Å². The molecule has 39 heavy (non-hydrogen) atoms. The fraction of sp³-hybridized carbons (Fsp3) is 0.